The van der Waals surface area contributed by atoms with Crippen LogP contribution in [0.15, 0.2) is 24.3 Å². The van der Waals surface area contributed by atoms with Crippen molar-refractivity contribution in [1.82, 2.24) is 10.2 Å². The van der Waals surface area contributed by atoms with E-state index in [1.54, 1.807) is 17.0 Å². The van der Waals surface area contributed by atoms with Gasteiger partial charge in [0.1, 0.15) is 5.75 Å². The van der Waals surface area contributed by atoms with Gasteiger partial charge in [-0.05, 0) is 45.0 Å². The summed E-state index contributed by atoms with van der Waals surface area (Å²) >= 11 is 0. The maximum absolute atomic E-state index is 12.3. The number of amides is 2. The summed E-state index contributed by atoms with van der Waals surface area (Å²) < 4.78 is 5.56. The Morgan fingerprint density at radius 2 is 2.04 bits per heavy atom. The smallest absolute Gasteiger partial charge is 0.260 e. The summed E-state index contributed by atoms with van der Waals surface area (Å²) in [6.45, 7) is 8.96. The third kappa shape index (κ3) is 4.71. The Labute approximate surface area is 143 Å². The molecule has 0 saturated carbocycles. The van der Waals surface area contributed by atoms with Crippen LogP contribution in [-0.4, -0.2) is 49.5 Å². The van der Waals surface area contributed by atoms with Crippen LogP contribution >= 0.6 is 0 Å². The number of hydrogen-bond donors (Lipinski definition) is 2. The van der Waals surface area contributed by atoms with E-state index in [1.165, 1.54) is 0 Å². The Morgan fingerprint density at radius 3 is 2.62 bits per heavy atom. The number of ether oxygens (including phenoxy) is 1. The number of carbonyl (C=O) groups excluding carboxylic acids is 2. The average Bonchev–Trinajstić information content (AvgIpc) is 2.52. The number of hydrogen-bond acceptors (Lipinski definition) is 4. The lowest BCUT2D eigenvalue weighted by Gasteiger charge is -2.31. The summed E-state index contributed by atoms with van der Waals surface area (Å²) in [7, 11) is 0. The van der Waals surface area contributed by atoms with Crippen molar-refractivity contribution in [2.45, 2.75) is 20.8 Å². The lowest BCUT2D eigenvalue weighted by molar-refractivity contribution is -0.133. The molecule has 0 bridgehead atoms. The first-order chi connectivity index (χ1) is 11.5. The number of likely N-dealkylation sites (N-methyl/N-ethyl adjacent to an activating group) is 1. The molecule has 0 spiro atoms. The first-order valence-corrected chi connectivity index (χ1v) is 8.57. The SMILES string of the molecule is CCN(CC)C(=O)COc1cccc(NC(=O)C(C)C2CNC2)c1. The molecule has 0 aliphatic carbocycles. The van der Waals surface area contributed by atoms with Crippen molar-refractivity contribution in [3.05, 3.63) is 24.3 Å². The van der Waals surface area contributed by atoms with E-state index in [0.29, 0.717) is 30.4 Å². The van der Waals surface area contributed by atoms with Gasteiger partial charge >= 0.3 is 0 Å². The van der Waals surface area contributed by atoms with E-state index in [1.807, 2.05) is 32.9 Å². The molecule has 1 aliphatic rings. The second-order valence-corrected chi connectivity index (χ2v) is 6.08. The van der Waals surface area contributed by atoms with Crippen molar-refractivity contribution in [1.29, 1.82) is 0 Å². The Kier molecular flexibility index (Phi) is 6.61. The van der Waals surface area contributed by atoms with E-state index in [2.05, 4.69) is 10.6 Å². The number of anilines is 1. The molecule has 1 aromatic rings. The van der Waals surface area contributed by atoms with Crippen LogP contribution in [0.25, 0.3) is 0 Å². The molecule has 132 valence electrons. The van der Waals surface area contributed by atoms with Crippen molar-refractivity contribution in [2.75, 3.05) is 38.1 Å². The van der Waals surface area contributed by atoms with Crippen LogP contribution in [0.3, 0.4) is 0 Å². The number of nitrogens with one attached hydrogen (secondary N) is 2. The second-order valence-electron chi connectivity index (χ2n) is 6.08. The fraction of sp³-hybridized carbons (Fsp3) is 0.556. The third-order valence-corrected chi connectivity index (χ3v) is 4.51. The largest absolute Gasteiger partial charge is 0.484 e. The molecule has 2 rings (SSSR count). The summed E-state index contributed by atoms with van der Waals surface area (Å²) in [5, 5.41) is 6.10. The van der Waals surface area contributed by atoms with E-state index in [0.717, 1.165) is 13.1 Å². The monoisotopic (exact) mass is 333 g/mol. The number of carbonyl (C=O) groups is 2. The van der Waals surface area contributed by atoms with Gasteiger partial charge in [0.2, 0.25) is 5.91 Å². The topological polar surface area (TPSA) is 70.7 Å². The van der Waals surface area contributed by atoms with E-state index in [-0.39, 0.29) is 24.3 Å². The highest BCUT2D eigenvalue weighted by Gasteiger charge is 2.28. The predicted octanol–water partition coefficient (Wildman–Crippen LogP) is 1.73. The van der Waals surface area contributed by atoms with E-state index in [9.17, 15) is 9.59 Å². The molecule has 1 aliphatic heterocycles. The molecule has 6 nitrogen and oxygen atoms in total. The van der Waals surface area contributed by atoms with Gasteiger partial charge in [-0.1, -0.05) is 13.0 Å². The van der Waals surface area contributed by atoms with Crippen LogP contribution in [-0.2, 0) is 9.59 Å². The molecule has 6 heteroatoms. The van der Waals surface area contributed by atoms with Crippen LogP contribution in [0, 0.1) is 11.8 Å². The van der Waals surface area contributed by atoms with Gasteiger partial charge in [0, 0.05) is 30.8 Å². The fourth-order valence-electron chi connectivity index (χ4n) is 2.61. The first kappa shape index (κ1) is 18.3. The number of rotatable bonds is 8. The Balaban J connectivity index is 1.88. The average molecular weight is 333 g/mol. The van der Waals surface area contributed by atoms with Crippen molar-refractivity contribution in [3.63, 3.8) is 0 Å². The first-order valence-electron chi connectivity index (χ1n) is 8.57. The molecule has 0 radical (unpaired) electrons. The highest BCUT2D eigenvalue weighted by Crippen LogP contribution is 2.21. The molecular weight excluding hydrogens is 306 g/mol. The summed E-state index contributed by atoms with van der Waals surface area (Å²) in [4.78, 5) is 25.9. The molecule has 1 heterocycles. The van der Waals surface area contributed by atoms with Gasteiger partial charge in [0.05, 0.1) is 0 Å². The summed E-state index contributed by atoms with van der Waals surface area (Å²) in [5.74, 6) is 0.917. The highest BCUT2D eigenvalue weighted by atomic mass is 16.5. The summed E-state index contributed by atoms with van der Waals surface area (Å²) in [6, 6.07) is 7.16. The predicted molar refractivity (Wildman–Crippen MR) is 94.0 cm³/mol. The molecular formula is C18H27N3O3. The van der Waals surface area contributed by atoms with Gasteiger partial charge in [-0.25, -0.2) is 0 Å². The van der Waals surface area contributed by atoms with Gasteiger partial charge in [0.25, 0.3) is 5.91 Å². The Bertz CT molecular complexity index is 568. The van der Waals surface area contributed by atoms with Crippen molar-refractivity contribution in [2.24, 2.45) is 11.8 Å². The van der Waals surface area contributed by atoms with Gasteiger partial charge < -0.3 is 20.3 Å². The second kappa shape index (κ2) is 8.68. The van der Waals surface area contributed by atoms with E-state index in [4.69, 9.17) is 4.74 Å². The highest BCUT2D eigenvalue weighted by molar-refractivity contribution is 5.92. The van der Waals surface area contributed by atoms with Crippen LogP contribution < -0.4 is 15.4 Å². The van der Waals surface area contributed by atoms with Crippen LogP contribution in [0.4, 0.5) is 5.69 Å². The van der Waals surface area contributed by atoms with Gasteiger partial charge in [0.15, 0.2) is 6.61 Å². The molecule has 1 fully saturated rings. The molecule has 24 heavy (non-hydrogen) atoms. The van der Waals surface area contributed by atoms with Gasteiger partial charge in [-0.3, -0.25) is 9.59 Å². The summed E-state index contributed by atoms with van der Waals surface area (Å²) in [6.07, 6.45) is 0. The zero-order valence-corrected chi connectivity index (χ0v) is 14.7. The Morgan fingerprint density at radius 1 is 1.33 bits per heavy atom. The number of nitrogens with zero attached hydrogens (tertiary/aromatic N) is 1. The van der Waals surface area contributed by atoms with Crippen molar-refractivity contribution < 1.29 is 14.3 Å². The fourth-order valence-corrected chi connectivity index (χ4v) is 2.61. The van der Waals surface area contributed by atoms with Crippen LogP contribution in [0.1, 0.15) is 20.8 Å². The minimum absolute atomic E-state index is 0.00320. The maximum Gasteiger partial charge on any atom is 0.260 e. The van der Waals surface area contributed by atoms with E-state index < -0.39 is 0 Å². The molecule has 0 aromatic heterocycles. The molecule has 1 unspecified atom stereocenters. The zero-order valence-electron chi connectivity index (χ0n) is 14.7. The lowest BCUT2D eigenvalue weighted by atomic mass is 9.88. The summed E-state index contributed by atoms with van der Waals surface area (Å²) in [5.41, 5.74) is 0.687. The van der Waals surface area contributed by atoms with Crippen molar-refractivity contribution >= 4 is 17.5 Å². The lowest BCUT2D eigenvalue weighted by Crippen LogP contribution is -2.48. The van der Waals surface area contributed by atoms with Crippen LogP contribution in [0.5, 0.6) is 5.75 Å². The minimum atomic E-state index is -0.0412. The van der Waals surface area contributed by atoms with E-state index >= 15 is 0 Å². The van der Waals surface area contributed by atoms with Crippen LogP contribution in [0.2, 0.25) is 0 Å². The maximum atomic E-state index is 12.3. The minimum Gasteiger partial charge on any atom is -0.484 e. The third-order valence-electron chi connectivity index (χ3n) is 4.51. The molecule has 2 N–H and O–H groups in total. The number of benzene rings is 1. The van der Waals surface area contributed by atoms with Crippen molar-refractivity contribution in [3.8, 4) is 5.75 Å². The zero-order chi connectivity index (χ0) is 17.5. The molecule has 1 aromatic carbocycles. The standard InChI is InChI=1S/C18H27N3O3/c1-4-21(5-2)17(22)12-24-16-8-6-7-15(9-16)20-18(23)13(3)14-10-19-11-14/h6-9,13-14,19H,4-5,10-12H2,1-3H3,(H,20,23). The van der Waals surface area contributed by atoms with Gasteiger partial charge in [-0.2, -0.15) is 0 Å². The van der Waals surface area contributed by atoms with Gasteiger partial charge in [-0.15, -0.1) is 0 Å². The normalized spacial score (nSPS) is 15.3. The molecule has 1 atom stereocenters. The quantitative estimate of drug-likeness (QED) is 0.760. The Hall–Kier alpha value is -2.08. The molecule has 1 saturated heterocycles. The molecule has 2 amide bonds.